The van der Waals surface area contributed by atoms with Crippen molar-refractivity contribution in [3.63, 3.8) is 0 Å². The topological polar surface area (TPSA) is 67.6 Å². The predicted octanol–water partition coefficient (Wildman–Crippen LogP) is 5.12. The number of hydrogen-bond donors (Lipinski definition) is 1. The summed E-state index contributed by atoms with van der Waals surface area (Å²) in [4.78, 5) is 14.4. The molecule has 1 aromatic carbocycles. The Morgan fingerprint density at radius 3 is 3.00 bits per heavy atom. The number of likely N-dealkylation sites (tertiary alicyclic amines) is 1. The smallest absolute Gasteiger partial charge is 0.322 e. The summed E-state index contributed by atoms with van der Waals surface area (Å²) in [5, 5.41) is 6.58. The van der Waals surface area contributed by atoms with Gasteiger partial charge in [-0.3, -0.25) is 0 Å². The van der Waals surface area contributed by atoms with Crippen LogP contribution in [0.5, 0.6) is 5.75 Å². The van der Waals surface area contributed by atoms with E-state index in [4.69, 9.17) is 9.26 Å². The van der Waals surface area contributed by atoms with Crippen LogP contribution in [0.1, 0.15) is 43.9 Å². The Bertz CT molecular complexity index is 885. The van der Waals surface area contributed by atoms with Crippen LogP contribution in [0.4, 0.5) is 10.5 Å². The Balaban J connectivity index is 1.33. The number of benzene rings is 1. The fraction of sp³-hybridized carbons (Fsp3) is 0.478. The van der Waals surface area contributed by atoms with Gasteiger partial charge in [-0.2, -0.15) is 0 Å². The van der Waals surface area contributed by atoms with E-state index in [1.54, 1.807) is 6.92 Å². The molecule has 2 fully saturated rings. The third kappa shape index (κ3) is 5.19. The standard InChI is InChI=1S/C23H29N3O3/c1-16-15-26(23(27)25-22-14-24-29-17(22)2)10-8-20(16)12-19-4-3-5-21(13-19)28-11-9-18-6-7-18/h3-5,12-14,16,18H,6-11,15H2,1-2H3,(H,25,27)/b20-12+. The molecule has 2 aliphatic rings. The zero-order valence-electron chi connectivity index (χ0n) is 17.2. The molecular weight excluding hydrogens is 366 g/mol. The highest BCUT2D eigenvalue weighted by Gasteiger charge is 2.25. The molecule has 0 bridgehead atoms. The predicted molar refractivity (Wildman–Crippen MR) is 113 cm³/mol. The largest absolute Gasteiger partial charge is 0.494 e. The first-order valence-corrected chi connectivity index (χ1v) is 10.5. The number of urea groups is 1. The normalized spacial score (nSPS) is 20.7. The van der Waals surface area contributed by atoms with Gasteiger partial charge in [0.2, 0.25) is 0 Å². The Morgan fingerprint density at radius 1 is 1.41 bits per heavy atom. The number of ether oxygens (including phenoxy) is 1. The highest BCUT2D eigenvalue weighted by molar-refractivity contribution is 5.89. The number of nitrogens with one attached hydrogen (secondary N) is 1. The molecule has 1 saturated carbocycles. The summed E-state index contributed by atoms with van der Waals surface area (Å²) in [7, 11) is 0. The van der Waals surface area contributed by atoms with Crippen molar-refractivity contribution in [2.45, 2.75) is 39.5 Å². The van der Waals surface area contributed by atoms with Crippen molar-refractivity contribution in [2.24, 2.45) is 11.8 Å². The molecule has 1 atom stereocenters. The van der Waals surface area contributed by atoms with Crippen LogP contribution in [-0.2, 0) is 0 Å². The van der Waals surface area contributed by atoms with Gasteiger partial charge in [0.1, 0.15) is 11.4 Å². The van der Waals surface area contributed by atoms with E-state index in [-0.39, 0.29) is 6.03 Å². The molecule has 4 rings (SSSR count). The minimum absolute atomic E-state index is 0.103. The Kier molecular flexibility index (Phi) is 5.88. The van der Waals surface area contributed by atoms with Gasteiger partial charge in [-0.15, -0.1) is 0 Å². The summed E-state index contributed by atoms with van der Waals surface area (Å²) in [5.41, 5.74) is 3.15. The van der Waals surface area contributed by atoms with Gasteiger partial charge < -0.3 is 19.5 Å². The van der Waals surface area contributed by atoms with Crippen molar-refractivity contribution in [1.82, 2.24) is 10.1 Å². The molecule has 1 N–H and O–H groups in total. The molecule has 154 valence electrons. The maximum Gasteiger partial charge on any atom is 0.322 e. The molecule has 1 aliphatic carbocycles. The summed E-state index contributed by atoms with van der Waals surface area (Å²) in [6, 6.07) is 8.20. The first kappa shape index (κ1) is 19.6. The van der Waals surface area contributed by atoms with Gasteiger partial charge in [0.15, 0.2) is 5.76 Å². The second kappa shape index (κ2) is 8.72. The number of carbonyl (C=O) groups is 1. The molecule has 0 spiro atoms. The maximum atomic E-state index is 12.5. The van der Waals surface area contributed by atoms with Gasteiger partial charge >= 0.3 is 6.03 Å². The highest BCUT2D eigenvalue weighted by Crippen LogP contribution is 2.32. The summed E-state index contributed by atoms with van der Waals surface area (Å²) < 4.78 is 10.9. The Labute approximate surface area is 171 Å². The zero-order chi connectivity index (χ0) is 20.2. The maximum absolute atomic E-state index is 12.5. The molecule has 29 heavy (non-hydrogen) atoms. The number of piperidine rings is 1. The second-order valence-corrected chi connectivity index (χ2v) is 8.20. The number of amides is 2. The van der Waals surface area contributed by atoms with Crippen molar-refractivity contribution < 1.29 is 14.1 Å². The molecular formula is C23H29N3O3. The lowest BCUT2D eigenvalue weighted by molar-refractivity contribution is 0.197. The fourth-order valence-electron chi connectivity index (χ4n) is 3.72. The minimum atomic E-state index is -0.103. The quantitative estimate of drug-likeness (QED) is 0.737. The van der Waals surface area contributed by atoms with E-state index >= 15 is 0 Å². The number of nitrogens with zero attached hydrogens (tertiary/aromatic N) is 2. The van der Waals surface area contributed by atoms with Crippen LogP contribution in [-0.4, -0.2) is 35.8 Å². The molecule has 1 unspecified atom stereocenters. The Morgan fingerprint density at radius 2 is 2.28 bits per heavy atom. The lowest BCUT2D eigenvalue weighted by atomic mass is 9.91. The van der Waals surface area contributed by atoms with E-state index in [0.29, 0.717) is 30.5 Å². The number of aryl methyl sites for hydroxylation is 1. The van der Waals surface area contributed by atoms with E-state index < -0.39 is 0 Å². The molecule has 1 saturated heterocycles. The van der Waals surface area contributed by atoms with Crippen LogP contribution in [0.25, 0.3) is 6.08 Å². The van der Waals surface area contributed by atoms with Crippen molar-refractivity contribution in [3.05, 3.63) is 47.4 Å². The number of carbonyl (C=O) groups excluding carboxylic acids is 1. The van der Waals surface area contributed by atoms with Crippen LogP contribution in [0.2, 0.25) is 0 Å². The number of hydrogen-bond acceptors (Lipinski definition) is 4. The van der Waals surface area contributed by atoms with Gasteiger partial charge in [0.05, 0.1) is 12.8 Å². The van der Waals surface area contributed by atoms with Crippen molar-refractivity contribution in [1.29, 1.82) is 0 Å². The number of anilines is 1. The van der Waals surface area contributed by atoms with Crippen LogP contribution >= 0.6 is 0 Å². The van der Waals surface area contributed by atoms with Gasteiger partial charge in [-0.25, -0.2) is 4.79 Å². The van der Waals surface area contributed by atoms with Gasteiger partial charge in [0.25, 0.3) is 0 Å². The average molecular weight is 396 g/mol. The lowest BCUT2D eigenvalue weighted by Gasteiger charge is -2.33. The monoisotopic (exact) mass is 395 g/mol. The van der Waals surface area contributed by atoms with Gasteiger partial charge in [-0.05, 0) is 49.3 Å². The van der Waals surface area contributed by atoms with E-state index in [1.165, 1.54) is 24.6 Å². The SMILES string of the molecule is Cc1oncc1NC(=O)N1CC/C(=C\c2cccc(OCCC3CC3)c2)C(C)C1. The van der Waals surface area contributed by atoms with Gasteiger partial charge in [-0.1, -0.05) is 48.7 Å². The highest BCUT2D eigenvalue weighted by atomic mass is 16.5. The third-order valence-corrected chi connectivity index (χ3v) is 5.78. The van der Waals surface area contributed by atoms with Crippen LogP contribution in [0.3, 0.4) is 0 Å². The molecule has 6 heteroatoms. The third-order valence-electron chi connectivity index (χ3n) is 5.78. The van der Waals surface area contributed by atoms with E-state index in [0.717, 1.165) is 36.7 Å². The van der Waals surface area contributed by atoms with Crippen molar-refractivity contribution in [3.8, 4) is 5.75 Å². The summed E-state index contributed by atoms with van der Waals surface area (Å²) in [6.07, 6.45) is 8.53. The molecule has 1 aliphatic heterocycles. The molecule has 1 aromatic heterocycles. The number of rotatable bonds is 6. The molecule has 2 amide bonds. The van der Waals surface area contributed by atoms with Gasteiger partial charge in [0, 0.05) is 13.1 Å². The van der Waals surface area contributed by atoms with Crippen LogP contribution < -0.4 is 10.1 Å². The first-order valence-electron chi connectivity index (χ1n) is 10.5. The minimum Gasteiger partial charge on any atom is -0.494 e. The fourth-order valence-corrected chi connectivity index (χ4v) is 3.72. The molecule has 6 nitrogen and oxygen atoms in total. The van der Waals surface area contributed by atoms with Crippen molar-refractivity contribution >= 4 is 17.8 Å². The zero-order valence-corrected chi connectivity index (χ0v) is 17.2. The number of aromatic nitrogens is 1. The average Bonchev–Trinajstić information content (AvgIpc) is 3.45. The van der Waals surface area contributed by atoms with Crippen molar-refractivity contribution in [2.75, 3.05) is 25.0 Å². The molecule has 0 radical (unpaired) electrons. The van der Waals surface area contributed by atoms with Crippen LogP contribution in [0.15, 0.2) is 40.6 Å². The van der Waals surface area contributed by atoms with Crippen LogP contribution in [0, 0.1) is 18.8 Å². The first-order chi connectivity index (χ1) is 14.1. The van der Waals surface area contributed by atoms with E-state index in [1.807, 2.05) is 17.0 Å². The Hall–Kier alpha value is -2.76. The lowest BCUT2D eigenvalue weighted by Crippen LogP contribution is -2.42. The van der Waals surface area contributed by atoms with E-state index in [2.05, 4.69) is 35.6 Å². The summed E-state index contributed by atoms with van der Waals surface area (Å²) in [5.74, 6) is 2.74. The molecule has 2 aromatic rings. The van der Waals surface area contributed by atoms with E-state index in [9.17, 15) is 4.79 Å². The molecule has 2 heterocycles. The second-order valence-electron chi connectivity index (χ2n) is 8.20. The summed E-state index contributed by atoms with van der Waals surface area (Å²) >= 11 is 0. The summed E-state index contributed by atoms with van der Waals surface area (Å²) in [6.45, 7) is 6.15.